The molecule has 0 aliphatic carbocycles. The highest BCUT2D eigenvalue weighted by atomic mass is 16.5. The minimum atomic E-state index is -0.774. The fraction of sp³-hybridized carbons (Fsp3) is 0.636. The van der Waals surface area contributed by atoms with Gasteiger partial charge in [-0.2, -0.15) is 5.10 Å². The van der Waals surface area contributed by atoms with Crippen molar-refractivity contribution in [3.05, 3.63) is 17.5 Å². The van der Waals surface area contributed by atoms with Crippen LogP contribution in [0.1, 0.15) is 17.8 Å². The van der Waals surface area contributed by atoms with Gasteiger partial charge in [-0.25, -0.2) is 0 Å². The van der Waals surface area contributed by atoms with Crippen LogP contribution in [0.2, 0.25) is 0 Å². The van der Waals surface area contributed by atoms with Crippen molar-refractivity contribution in [3.63, 3.8) is 0 Å². The first-order valence-corrected chi connectivity index (χ1v) is 5.34. The van der Waals surface area contributed by atoms with Gasteiger partial charge in [0.2, 0.25) is 0 Å². The Hall–Kier alpha value is -1.36. The number of aryl methyl sites for hydroxylation is 2. The van der Waals surface area contributed by atoms with Crippen molar-refractivity contribution in [2.24, 2.45) is 12.5 Å². The molecule has 0 bridgehead atoms. The highest BCUT2D eigenvalue weighted by Gasteiger charge is 2.43. The summed E-state index contributed by atoms with van der Waals surface area (Å²) >= 11 is 0. The van der Waals surface area contributed by atoms with E-state index in [1.54, 1.807) is 4.68 Å². The lowest BCUT2D eigenvalue weighted by molar-refractivity contribution is -0.148. The number of hydrogen-bond acceptors (Lipinski definition) is 3. The SMILES string of the molecule is Cc1cc(CC2(C(=O)O)CCOC2)n(C)n1. The van der Waals surface area contributed by atoms with Gasteiger partial charge in [0.25, 0.3) is 0 Å². The molecule has 5 heteroatoms. The van der Waals surface area contributed by atoms with Crippen molar-refractivity contribution in [1.29, 1.82) is 0 Å². The van der Waals surface area contributed by atoms with Gasteiger partial charge in [-0.3, -0.25) is 9.48 Å². The molecule has 1 aliphatic heterocycles. The second-order valence-corrected chi connectivity index (χ2v) is 4.47. The third-order valence-electron chi connectivity index (χ3n) is 3.18. The van der Waals surface area contributed by atoms with Crippen LogP contribution in [0.5, 0.6) is 0 Å². The van der Waals surface area contributed by atoms with E-state index in [1.807, 2.05) is 20.0 Å². The molecule has 0 radical (unpaired) electrons. The Kier molecular flexibility index (Phi) is 2.71. The summed E-state index contributed by atoms with van der Waals surface area (Å²) in [6.45, 7) is 2.73. The van der Waals surface area contributed by atoms with Gasteiger partial charge < -0.3 is 9.84 Å². The van der Waals surface area contributed by atoms with Crippen LogP contribution < -0.4 is 0 Å². The van der Waals surface area contributed by atoms with Crippen LogP contribution in [-0.2, 0) is 23.0 Å². The van der Waals surface area contributed by atoms with E-state index in [4.69, 9.17) is 4.74 Å². The second kappa shape index (κ2) is 3.90. The average molecular weight is 224 g/mol. The molecule has 1 aliphatic rings. The van der Waals surface area contributed by atoms with Crippen molar-refractivity contribution >= 4 is 5.97 Å². The van der Waals surface area contributed by atoms with E-state index in [9.17, 15) is 9.90 Å². The number of carboxylic acid groups (broad SMARTS) is 1. The van der Waals surface area contributed by atoms with E-state index in [0.717, 1.165) is 11.4 Å². The lowest BCUT2D eigenvalue weighted by atomic mass is 9.82. The summed E-state index contributed by atoms with van der Waals surface area (Å²) in [5.41, 5.74) is 1.10. The Labute approximate surface area is 94.0 Å². The smallest absolute Gasteiger partial charge is 0.312 e. The van der Waals surface area contributed by atoms with E-state index in [2.05, 4.69) is 5.10 Å². The maximum atomic E-state index is 11.3. The van der Waals surface area contributed by atoms with Gasteiger partial charge >= 0.3 is 5.97 Å². The third-order valence-corrected chi connectivity index (χ3v) is 3.18. The molecule has 1 unspecified atom stereocenters. The predicted octanol–water partition coefficient (Wildman–Crippen LogP) is 0.762. The number of hydrogen-bond donors (Lipinski definition) is 1. The van der Waals surface area contributed by atoms with Crippen LogP contribution in [0.25, 0.3) is 0 Å². The van der Waals surface area contributed by atoms with Crippen LogP contribution in [0, 0.1) is 12.3 Å². The molecule has 16 heavy (non-hydrogen) atoms. The maximum absolute atomic E-state index is 11.3. The third kappa shape index (κ3) is 1.82. The number of rotatable bonds is 3. The van der Waals surface area contributed by atoms with Crippen molar-refractivity contribution in [3.8, 4) is 0 Å². The number of aliphatic carboxylic acids is 1. The molecule has 0 spiro atoms. The second-order valence-electron chi connectivity index (χ2n) is 4.47. The normalized spacial score (nSPS) is 24.9. The molecule has 0 saturated carbocycles. The zero-order valence-corrected chi connectivity index (χ0v) is 9.56. The molecule has 1 saturated heterocycles. The standard InChI is InChI=1S/C11H16N2O3/c1-8-5-9(13(2)12-8)6-11(10(14)15)3-4-16-7-11/h5H,3-4,6-7H2,1-2H3,(H,14,15). The van der Waals surface area contributed by atoms with Crippen LogP contribution in [0.4, 0.5) is 0 Å². The van der Waals surface area contributed by atoms with Gasteiger partial charge in [0.15, 0.2) is 0 Å². The summed E-state index contributed by atoms with van der Waals surface area (Å²) in [7, 11) is 1.84. The number of nitrogens with zero attached hydrogens (tertiary/aromatic N) is 2. The number of aromatic nitrogens is 2. The summed E-state index contributed by atoms with van der Waals surface area (Å²) in [4.78, 5) is 11.3. The van der Waals surface area contributed by atoms with Crippen LogP contribution in [-0.4, -0.2) is 34.1 Å². The molecular formula is C11H16N2O3. The molecule has 5 nitrogen and oxygen atoms in total. The minimum Gasteiger partial charge on any atom is -0.481 e. The molecular weight excluding hydrogens is 208 g/mol. The van der Waals surface area contributed by atoms with Gasteiger partial charge in [0.05, 0.1) is 17.7 Å². The molecule has 1 N–H and O–H groups in total. The molecule has 2 rings (SSSR count). The number of carbonyl (C=O) groups is 1. The lowest BCUT2D eigenvalue weighted by Crippen LogP contribution is -2.34. The summed E-state index contributed by atoms with van der Waals surface area (Å²) < 4.78 is 6.98. The highest BCUT2D eigenvalue weighted by molar-refractivity contribution is 5.75. The van der Waals surface area contributed by atoms with Gasteiger partial charge in [0, 0.05) is 25.8 Å². The van der Waals surface area contributed by atoms with E-state index in [-0.39, 0.29) is 0 Å². The first-order chi connectivity index (χ1) is 7.53. The lowest BCUT2D eigenvalue weighted by Gasteiger charge is -2.21. The Morgan fingerprint density at radius 3 is 2.94 bits per heavy atom. The Bertz CT molecular complexity index is 405. The fourth-order valence-electron chi connectivity index (χ4n) is 2.17. The van der Waals surface area contributed by atoms with Crippen molar-refractivity contribution in [2.75, 3.05) is 13.2 Å². The predicted molar refractivity (Wildman–Crippen MR) is 57.2 cm³/mol. The van der Waals surface area contributed by atoms with Crippen molar-refractivity contribution in [1.82, 2.24) is 9.78 Å². The topological polar surface area (TPSA) is 64.3 Å². The fourth-order valence-corrected chi connectivity index (χ4v) is 2.17. The largest absolute Gasteiger partial charge is 0.481 e. The molecule has 0 aromatic carbocycles. The Balaban J connectivity index is 2.24. The van der Waals surface area contributed by atoms with E-state index < -0.39 is 11.4 Å². The molecule has 88 valence electrons. The maximum Gasteiger partial charge on any atom is 0.312 e. The van der Waals surface area contributed by atoms with Crippen molar-refractivity contribution in [2.45, 2.75) is 19.8 Å². The van der Waals surface area contributed by atoms with E-state index in [1.165, 1.54) is 0 Å². The molecule has 2 heterocycles. The quantitative estimate of drug-likeness (QED) is 0.823. The zero-order valence-electron chi connectivity index (χ0n) is 9.56. The van der Waals surface area contributed by atoms with E-state index >= 15 is 0 Å². The molecule has 1 aromatic rings. The number of ether oxygens (including phenoxy) is 1. The number of carboxylic acids is 1. The Morgan fingerprint density at radius 2 is 2.50 bits per heavy atom. The summed E-state index contributed by atoms with van der Waals surface area (Å²) in [5.74, 6) is -0.774. The average Bonchev–Trinajstić information content (AvgIpc) is 2.76. The molecule has 1 atom stereocenters. The Morgan fingerprint density at radius 1 is 1.75 bits per heavy atom. The summed E-state index contributed by atoms with van der Waals surface area (Å²) in [6.07, 6.45) is 1.06. The molecule has 1 aromatic heterocycles. The molecule has 1 fully saturated rings. The van der Waals surface area contributed by atoms with Gasteiger partial charge in [-0.05, 0) is 19.4 Å². The monoisotopic (exact) mass is 224 g/mol. The minimum absolute atomic E-state index is 0.298. The van der Waals surface area contributed by atoms with Crippen molar-refractivity contribution < 1.29 is 14.6 Å². The van der Waals surface area contributed by atoms with Gasteiger partial charge in [0.1, 0.15) is 0 Å². The van der Waals surface area contributed by atoms with E-state index in [0.29, 0.717) is 26.1 Å². The van der Waals surface area contributed by atoms with Crippen LogP contribution >= 0.6 is 0 Å². The van der Waals surface area contributed by atoms with Gasteiger partial charge in [-0.1, -0.05) is 0 Å². The highest BCUT2D eigenvalue weighted by Crippen LogP contribution is 2.33. The first-order valence-electron chi connectivity index (χ1n) is 5.34. The summed E-state index contributed by atoms with van der Waals surface area (Å²) in [5, 5.41) is 13.5. The summed E-state index contributed by atoms with van der Waals surface area (Å²) in [6, 6.07) is 1.93. The molecule has 0 amide bonds. The van der Waals surface area contributed by atoms with Crippen LogP contribution in [0.3, 0.4) is 0 Å². The first kappa shape index (κ1) is 11.1. The zero-order chi connectivity index (χ0) is 11.8. The van der Waals surface area contributed by atoms with Gasteiger partial charge in [-0.15, -0.1) is 0 Å². The van der Waals surface area contributed by atoms with Crippen LogP contribution in [0.15, 0.2) is 6.07 Å².